The molecular formula is C18H25N. The van der Waals surface area contributed by atoms with Gasteiger partial charge in [0.05, 0.1) is 0 Å². The van der Waals surface area contributed by atoms with E-state index in [0.29, 0.717) is 5.92 Å². The predicted octanol–water partition coefficient (Wildman–Crippen LogP) is 4.44. The van der Waals surface area contributed by atoms with Crippen molar-refractivity contribution in [3.05, 3.63) is 29.8 Å². The Bertz CT molecular complexity index is 450. The maximum absolute atomic E-state index is 5.97. The topological polar surface area (TPSA) is 26.0 Å². The second-order valence-corrected chi connectivity index (χ2v) is 7.47. The van der Waals surface area contributed by atoms with Crippen LogP contribution in [0, 0.1) is 29.6 Å². The third kappa shape index (κ3) is 1.89. The minimum atomic E-state index is 0.693. The Morgan fingerprint density at radius 3 is 2.21 bits per heavy atom. The number of benzene rings is 1. The highest BCUT2D eigenvalue weighted by Crippen LogP contribution is 2.59. The first-order valence-electron chi connectivity index (χ1n) is 8.06. The number of nitrogen functional groups attached to an aromatic ring is 1. The van der Waals surface area contributed by atoms with Gasteiger partial charge in [-0.3, -0.25) is 0 Å². The molecule has 1 heteroatoms. The maximum atomic E-state index is 5.97. The first-order chi connectivity index (χ1) is 9.20. The lowest BCUT2D eigenvalue weighted by Gasteiger charge is -2.56. The Balaban J connectivity index is 1.62. The summed E-state index contributed by atoms with van der Waals surface area (Å²) in [5, 5.41) is 0. The highest BCUT2D eigenvalue weighted by Gasteiger charge is 2.49. The molecule has 4 fully saturated rings. The van der Waals surface area contributed by atoms with Gasteiger partial charge in [0.1, 0.15) is 0 Å². The molecule has 1 unspecified atom stereocenters. The minimum Gasteiger partial charge on any atom is -0.399 e. The van der Waals surface area contributed by atoms with Gasteiger partial charge < -0.3 is 5.73 Å². The molecule has 0 heterocycles. The largest absolute Gasteiger partial charge is 0.399 e. The lowest BCUT2D eigenvalue weighted by molar-refractivity contribution is -0.0455. The summed E-state index contributed by atoms with van der Waals surface area (Å²) < 4.78 is 0. The Labute approximate surface area is 116 Å². The molecule has 102 valence electrons. The summed E-state index contributed by atoms with van der Waals surface area (Å²) in [5.74, 6) is 5.78. The lowest BCUT2D eigenvalue weighted by atomic mass is 9.49. The fourth-order valence-electron chi connectivity index (χ4n) is 5.85. The summed E-state index contributed by atoms with van der Waals surface area (Å²) in [6, 6.07) is 8.62. The maximum Gasteiger partial charge on any atom is 0.0316 e. The van der Waals surface area contributed by atoms with Gasteiger partial charge in [-0.05, 0) is 85.3 Å². The van der Waals surface area contributed by atoms with E-state index in [1.807, 2.05) is 6.07 Å². The molecule has 0 radical (unpaired) electrons. The summed E-state index contributed by atoms with van der Waals surface area (Å²) >= 11 is 0. The summed E-state index contributed by atoms with van der Waals surface area (Å²) in [7, 11) is 0. The van der Waals surface area contributed by atoms with E-state index in [9.17, 15) is 0 Å². The average Bonchev–Trinajstić information content (AvgIpc) is 2.37. The zero-order chi connectivity index (χ0) is 13.0. The van der Waals surface area contributed by atoms with Gasteiger partial charge in [-0.15, -0.1) is 0 Å². The number of rotatable bonds is 2. The summed E-state index contributed by atoms with van der Waals surface area (Å²) in [4.78, 5) is 0. The second-order valence-electron chi connectivity index (χ2n) is 7.47. The molecule has 0 saturated heterocycles. The zero-order valence-electron chi connectivity index (χ0n) is 11.9. The lowest BCUT2D eigenvalue weighted by Crippen LogP contribution is -2.46. The number of hydrogen-bond donors (Lipinski definition) is 1. The molecule has 0 aromatic heterocycles. The standard InChI is InChI=1S/C18H25N/c1-11(14-3-2-4-17(19)10-14)18-15-6-12-5-13(8-15)9-16(18)7-12/h2-4,10-13,15-16,18H,5-9,19H2,1H3. The van der Waals surface area contributed by atoms with Crippen molar-refractivity contribution in [2.24, 2.45) is 29.6 Å². The van der Waals surface area contributed by atoms with Crippen molar-refractivity contribution in [1.82, 2.24) is 0 Å². The molecular weight excluding hydrogens is 230 g/mol. The van der Waals surface area contributed by atoms with E-state index in [0.717, 1.165) is 35.3 Å². The van der Waals surface area contributed by atoms with Gasteiger partial charge in [0.15, 0.2) is 0 Å². The van der Waals surface area contributed by atoms with Crippen LogP contribution in [0.5, 0.6) is 0 Å². The van der Waals surface area contributed by atoms with Gasteiger partial charge in [-0.1, -0.05) is 19.1 Å². The zero-order valence-corrected chi connectivity index (χ0v) is 11.9. The molecule has 0 aliphatic heterocycles. The highest BCUT2D eigenvalue weighted by atomic mass is 14.6. The van der Waals surface area contributed by atoms with Gasteiger partial charge in [0.25, 0.3) is 0 Å². The van der Waals surface area contributed by atoms with Gasteiger partial charge in [-0.25, -0.2) is 0 Å². The average molecular weight is 255 g/mol. The monoisotopic (exact) mass is 255 g/mol. The van der Waals surface area contributed by atoms with Crippen LogP contribution in [0.1, 0.15) is 50.5 Å². The van der Waals surface area contributed by atoms with Gasteiger partial charge in [0, 0.05) is 5.69 Å². The van der Waals surface area contributed by atoms with E-state index in [4.69, 9.17) is 5.73 Å². The minimum absolute atomic E-state index is 0.693. The molecule has 2 N–H and O–H groups in total. The van der Waals surface area contributed by atoms with Crippen molar-refractivity contribution in [3.8, 4) is 0 Å². The van der Waals surface area contributed by atoms with Gasteiger partial charge in [-0.2, -0.15) is 0 Å². The molecule has 1 atom stereocenters. The van der Waals surface area contributed by atoms with Crippen LogP contribution in [0.4, 0.5) is 5.69 Å². The Hall–Kier alpha value is -0.980. The van der Waals surface area contributed by atoms with Crippen molar-refractivity contribution in [3.63, 3.8) is 0 Å². The molecule has 4 aliphatic carbocycles. The van der Waals surface area contributed by atoms with Gasteiger partial charge in [0.2, 0.25) is 0 Å². The SMILES string of the molecule is CC(c1cccc(N)c1)C1C2CC3CC(C2)CC1C3. The first kappa shape index (κ1) is 11.8. The van der Waals surface area contributed by atoms with Crippen LogP contribution < -0.4 is 5.73 Å². The number of hydrogen-bond acceptors (Lipinski definition) is 1. The quantitative estimate of drug-likeness (QED) is 0.777. The fraction of sp³-hybridized carbons (Fsp3) is 0.667. The number of nitrogens with two attached hydrogens (primary N) is 1. The van der Waals surface area contributed by atoms with Crippen LogP contribution in [0.15, 0.2) is 24.3 Å². The molecule has 1 aromatic rings. The van der Waals surface area contributed by atoms with Crippen molar-refractivity contribution >= 4 is 5.69 Å². The smallest absolute Gasteiger partial charge is 0.0316 e. The van der Waals surface area contributed by atoms with Crippen molar-refractivity contribution in [2.45, 2.75) is 44.9 Å². The molecule has 4 bridgehead atoms. The van der Waals surface area contributed by atoms with Crippen LogP contribution >= 0.6 is 0 Å². The Morgan fingerprint density at radius 2 is 1.63 bits per heavy atom. The molecule has 1 nitrogen and oxygen atoms in total. The molecule has 4 aliphatic rings. The van der Waals surface area contributed by atoms with Crippen LogP contribution in [-0.4, -0.2) is 0 Å². The number of anilines is 1. The van der Waals surface area contributed by atoms with Crippen molar-refractivity contribution in [2.75, 3.05) is 5.73 Å². The van der Waals surface area contributed by atoms with E-state index < -0.39 is 0 Å². The second kappa shape index (κ2) is 4.26. The van der Waals surface area contributed by atoms with Crippen LogP contribution in [-0.2, 0) is 0 Å². The van der Waals surface area contributed by atoms with E-state index in [-0.39, 0.29) is 0 Å². The Kier molecular flexibility index (Phi) is 2.65. The Morgan fingerprint density at radius 1 is 1.00 bits per heavy atom. The third-order valence-corrected chi connectivity index (χ3v) is 6.31. The van der Waals surface area contributed by atoms with Crippen molar-refractivity contribution in [1.29, 1.82) is 0 Å². The molecule has 0 amide bonds. The molecule has 1 aromatic carbocycles. The van der Waals surface area contributed by atoms with E-state index in [1.54, 1.807) is 6.42 Å². The molecule has 0 spiro atoms. The molecule has 4 saturated carbocycles. The highest BCUT2D eigenvalue weighted by molar-refractivity contribution is 5.42. The van der Waals surface area contributed by atoms with Gasteiger partial charge >= 0.3 is 0 Å². The van der Waals surface area contributed by atoms with E-state index in [2.05, 4.69) is 25.1 Å². The summed E-state index contributed by atoms with van der Waals surface area (Å²) in [6.07, 6.45) is 7.62. The van der Waals surface area contributed by atoms with Crippen LogP contribution in [0.25, 0.3) is 0 Å². The predicted molar refractivity (Wildman–Crippen MR) is 79.8 cm³/mol. The fourth-order valence-corrected chi connectivity index (χ4v) is 5.85. The molecule has 5 rings (SSSR count). The van der Waals surface area contributed by atoms with Crippen LogP contribution in [0.2, 0.25) is 0 Å². The van der Waals surface area contributed by atoms with E-state index >= 15 is 0 Å². The first-order valence-corrected chi connectivity index (χ1v) is 8.06. The summed E-state index contributed by atoms with van der Waals surface area (Å²) in [5.41, 5.74) is 8.36. The molecule has 19 heavy (non-hydrogen) atoms. The normalized spacial score (nSPS) is 41.4. The van der Waals surface area contributed by atoms with Crippen molar-refractivity contribution < 1.29 is 0 Å². The van der Waals surface area contributed by atoms with E-state index in [1.165, 1.54) is 31.2 Å². The third-order valence-electron chi connectivity index (χ3n) is 6.31. The summed E-state index contributed by atoms with van der Waals surface area (Å²) in [6.45, 7) is 2.45. The van der Waals surface area contributed by atoms with Crippen LogP contribution in [0.3, 0.4) is 0 Å².